The van der Waals surface area contributed by atoms with Crippen molar-refractivity contribution in [2.75, 3.05) is 27.3 Å². The second kappa shape index (κ2) is 6.56. The summed E-state index contributed by atoms with van der Waals surface area (Å²) >= 11 is 0. The van der Waals surface area contributed by atoms with Crippen LogP contribution in [0.2, 0.25) is 0 Å². The summed E-state index contributed by atoms with van der Waals surface area (Å²) < 4.78 is 23.2. The molecule has 1 fully saturated rings. The Balaban J connectivity index is 2.02. The van der Waals surface area contributed by atoms with Gasteiger partial charge in [-0.25, -0.2) is 4.39 Å². The van der Waals surface area contributed by atoms with E-state index in [2.05, 4.69) is 0 Å². The van der Waals surface area contributed by atoms with Gasteiger partial charge < -0.3 is 14.4 Å². The molecule has 0 saturated carbocycles. The first-order chi connectivity index (χ1) is 10.1. The molecule has 0 bridgehead atoms. The second-order valence-electron chi connectivity index (χ2n) is 4.94. The molecule has 0 aromatic heterocycles. The summed E-state index contributed by atoms with van der Waals surface area (Å²) in [6, 6.07) is 4.15. The number of esters is 1. The normalized spacial score (nSPS) is 15.7. The first-order valence-electron chi connectivity index (χ1n) is 6.77. The summed E-state index contributed by atoms with van der Waals surface area (Å²) in [7, 11) is 2.73. The number of carbonyl (C=O) groups is 2. The van der Waals surface area contributed by atoms with E-state index in [1.807, 2.05) is 0 Å². The number of likely N-dealkylation sites (tertiary alicyclic amines) is 1. The Labute approximate surface area is 122 Å². The molecule has 5 nitrogen and oxygen atoms in total. The zero-order valence-corrected chi connectivity index (χ0v) is 12.1. The van der Waals surface area contributed by atoms with Crippen molar-refractivity contribution >= 4 is 11.9 Å². The lowest BCUT2D eigenvalue weighted by Gasteiger charge is -2.30. The number of piperidine rings is 1. The van der Waals surface area contributed by atoms with Gasteiger partial charge in [0.15, 0.2) is 11.6 Å². The van der Waals surface area contributed by atoms with Crippen molar-refractivity contribution in [2.24, 2.45) is 5.92 Å². The molecule has 1 heterocycles. The van der Waals surface area contributed by atoms with E-state index in [0.717, 1.165) is 0 Å². The van der Waals surface area contributed by atoms with Gasteiger partial charge in [0.1, 0.15) is 0 Å². The van der Waals surface area contributed by atoms with Crippen molar-refractivity contribution in [1.29, 1.82) is 0 Å². The predicted octanol–water partition coefficient (Wildman–Crippen LogP) is 1.86. The van der Waals surface area contributed by atoms with Gasteiger partial charge in [-0.05, 0) is 31.0 Å². The van der Waals surface area contributed by atoms with Crippen LogP contribution in [0.5, 0.6) is 5.75 Å². The number of rotatable bonds is 3. The van der Waals surface area contributed by atoms with Gasteiger partial charge in [0, 0.05) is 18.7 Å². The summed E-state index contributed by atoms with van der Waals surface area (Å²) in [6.45, 7) is 0.929. The van der Waals surface area contributed by atoms with Gasteiger partial charge >= 0.3 is 5.97 Å². The highest BCUT2D eigenvalue weighted by molar-refractivity contribution is 5.94. The van der Waals surface area contributed by atoms with Crippen LogP contribution in [0, 0.1) is 11.7 Å². The van der Waals surface area contributed by atoms with E-state index in [0.29, 0.717) is 25.9 Å². The minimum Gasteiger partial charge on any atom is -0.494 e. The number of ether oxygens (including phenoxy) is 2. The lowest BCUT2D eigenvalue weighted by atomic mass is 9.96. The Morgan fingerprint density at radius 1 is 1.24 bits per heavy atom. The number of halogens is 1. The fourth-order valence-corrected chi connectivity index (χ4v) is 2.47. The van der Waals surface area contributed by atoms with Crippen LogP contribution < -0.4 is 4.74 Å². The smallest absolute Gasteiger partial charge is 0.308 e. The van der Waals surface area contributed by atoms with Gasteiger partial charge in [-0.15, -0.1) is 0 Å². The largest absolute Gasteiger partial charge is 0.494 e. The molecule has 0 aliphatic carbocycles. The summed E-state index contributed by atoms with van der Waals surface area (Å²) in [4.78, 5) is 25.4. The van der Waals surface area contributed by atoms with Crippen LogP contribution in [-0.4, -0.2) is 44.1 Å². The number of benzene rings is 1. The van der Waals surface area contributed by atoms with E-state index < -0.39 is 5.82 Å². The van der Waals surface area contributed by atoms with Crippen LogP contribution in [0.1, 0.15) is 23.2 Å². The molecular formula is C15H18FNO4. The van der Waals surface area contributed by atoms with Gasteiger partial charge in [0.2, 0.25) is 0 Å². The van der Waals surface area contributed by atoms with Crippen molar-refractivity contribution in [2.45, 2.75) is 12.8 Å². The third-order valence-corrected chi connectivity index (χ3v) is 3.72. The zero-order valence-electron chi connectivity index (χ0n) is 12.1. The van der Waals surface area contributed by atoms with Crippen LogP contribution in [0.3, 0.4) is 0 Å². The molecule has 0 unspecified atom stereocenters. The van der Waals surface area contributed by atoms with E-state index in [1.165, 1.54) is 32.4 Å². The fraction of sp³-hybridized carbons (Fsp3) is 0.467. The molecule has 0 spiro atoms. The molecule has 6 heteroatoms. The maximum atomic E-state index is 13.6. The average Bonchev–Trinajstić information content (AvgIpc) is 2.53. The third kappa shape index (κ3) is 3.32. The predicted molar refractivity (Wildman–Crippen MR) is 73.6 cm³/mol. The van der Waals surface area contributed by atoms with Gasteiger partial charge in [-0.3, -0.25) is 9.59 Å². The molecule has 1 aliphatic rings. The second-order valence-corrected chi connectivity index (χ2v) is 4.94. The van der Waals surface area contributed by atoms with Crippen LogP contribution in [0.25, 0.3) is 0 Å². The van der Waals surface area contributed by atoms with Crippen molar-refractivity contribution in [1.82, 2.24) is 4.90 Å². The molecule has 1 saturated heterocycles. The standard InChI is InChI=1S/C15H18FNO4/c1-20-13-4-3-11(9-12(13)16)14(18)17-7-5-10(6-8-17)15(19)21-2/h3-4,9-10H,5-8H2,1-2H3. The van der Waals surface area contributed by atoms with Crippen LogP contribution in [0.4, 0.5) is 4.39 Å². The topological polar surface area (TPSA) is 55.8 Å². The first kappa shape index (κ1) is 15.3. The number of hydrogen-bond donors (Lipinski definition) is 0. The zero-order chi connectivity index (χ0) is 15.4. The average molecular weight is 295 g/mol. The fourth-order valence-electron chi connectivity index (χ4n) is 2.47. The minimum absolute atomic E-state index is 0.107. The molecule has 0 radical (unpaired) electrons. The Bertz CT molecular complexity index is 538. The number of hydrogen-bond acceptors (Lipinski definition) is 4. The molecule has 114 valence electrons. The molecule has 2 rings (SSSR count). The summed E-state index contributed by atoms with van der Waals surface area (Å²) in [5.41, 5.74) is 0.282. The molecule has 0 atom stereocenters. The van der Waals surface area contributed by atoms with Crippen LogP contribution in [-0.2, 0) is 9.53 Å². The molecule has 1 aromatic carbocycles. The van der Waals surface area contributed by atoms with Crippen molar-refractivity contribution in [3.8, 4) is 5.75 Å². The highest BCUT2D eigenvalue weighted by Crippen LogP contribution is 2.22. The van der Waals surface area contributed by atoms with Crippen molar-refractivity contribution in [3.63, 3.8) is 0 Å². The van der Waals surface area contributed by atoms with Crippen molar-refractivity contribution < 1.29 is 23.5 Å². The summed E-state index contributed by atoms with van der Waals surface area (Å²) in [5.74, 6) is -1.09. The monoisotopic (exact) mass is 295 g/mol. The van der Waals surface area contributed by atoms with E-state index >= 15 is 0 Å². The molecule has 21 heavy (non-hydrogen) atoms. The van der Waals surface area contributed by atoms with E-state index in [-0.39, 0.29) is 29.1 Å². The Morgan fingerprint density at radius 3 is 2.43 bits per heavy atom. The van der Waals surface area contributed by atoms with Crippen LogP contribution in [0.15, 0.2) is 18.2 Å². The van der Waals surface area contributed by atoms with Gasteiger partial charge in [0.25, 0.3) is 5.91 Å². The van der Waals surface area contributed by atoms with E-state index in [4.69, 9.17) is 9.47 Å². The van der Waals surface area contributed by atoms with Gasteiger partial charge in [-0.2, -0.15) is 0 Å². The summed E-state index contributed by atoms with van der Waals surface area (Å²) in [5, 5.41) is 0. The summed E-state index contributed by atoms with van der Waals surface area (Å²) in [6.07, 6.45) is 1.13. The van der Waals surface area contributed by atoms with Crippen LogP contribution >= 0.6 is 0 Å². The number of nitrogens with zero attached hydrogens (tertiary/aromatic N) is 1. The molecule has 1 aliphatic heterocycles. The first-order valence-corrected chi connectivity index (χ1v) is 6.77. The number of amides is 1. The number of methoxy groups -OCH3 is 2. The Morgan fingerprint density at radius 2 is 1.90 bits per heavy atom. The van der Waals surface area contributed by atoms with Gasteiger partial charge in [-0.1, -0.05) is 0 Å². The Hall–Kier alpha value is -2.11. The maximum absolute atomic E-state index is 13.6. The minimum atomic E-state index is -0.562. The lowest BCUT2D eigenvalue weighted by Crippen LogP contribution is -2.40. The molecule has 1 amide bonds. The van der Waals surface area contributed by atoms with E-state index in [9.17, 15) is 14.0 Å². The van der Waals surface area contributed by atoms with Crippen molar-refractivity contribution in [3.05, 3.63) is 29.6 Å². The van der Waals surface area contributed by atoms with E-state index in [1.54, 1.807) is 4.90 Å². The highest BCUT2D eigenvalue weighted by atomic mass is 19.1. The molecule has 1 aromatic rings. The molecular weight excluding hydrogens is 277 g/mol. The molecule has 0 N–H and O–H groups in total. The highest BCUT2D eigenvalue weighted by Gasteiger charge is 2.28. The third-order valence-electron chi connectivity index (χ3n) is 3.72. The lowest BCUT2D eigenvalue weighted by molar-refractivity contribution is -0.146. The maximum Gasteiger partial charge on any atom is 0.308 e. The number of carbonyl (C=O) groups excluding carboxylic acids is 2. The Kier molecular flexibility index (Phi) is 4.77. The quantitative estimate of drug-likeness (QED) is 0.799. The van der Waals surface area contributed by atoms with Gasteiger partial charge in [0.05, 0.1) is 20.1 Å². The SMILES string of the molecule is COC(=O)C1CCN(C(=O)c2ccc(OC)c(F)c2)CC1.